The van der Waals surface area contributed by atoms with Gasteiger partial charge in [-0.3, -0.25) is 9.78 Å². The summed E-state index contributed by atoms with van der Waals surface area (Å²) in [4.78, 5) is 15.8. The van der Waals surface area contributed by atoms with Gasteiger partial charge in [0.25, 0.3) is 0 Å². The van der Waals surface area contributed by atoms with E-state index in [9.17, 15) is 4.79 Å². The lowest BCUT2D eigenvalue weighted by atomic mass is 10.1. The molecule has 4 heteroatoms. The minimum Gasteiger partial charge on any atom is -0.356 e. The maximum Gasteiger partial charge on any atom is 0.221 e. The molecule has 1 aromatic rings. The van der Waals surface area contributed by atoms with E-state index in [1.807, 2.05) is 18.2 Å². The largest absolute Gasteiger partial charge is 0.356 e. The predicted octanol–water partition coefficient (Wildman–Crippen LogP) is 1.52. The van der Waals surface area contributed by atoms with Crippen LogP contribution in [0.15, 0.2) is 24.4 Å². The molecule has 0 atom stereocenters. The third-order valence-corrected chi connectivity index (χ3v) is 2.44. The van der Waals surface area contributed by atoms with Crippen molar-refractivity contribution >= 4 is 5.91 Å². The van der Waals surface area contributed by atoms with Gasteiger partial charge in [0.2, 0.25) is 5.91 Å². The van der Waals surface area contributed by atoms with E-state index in [0.717, 1.165) is 12.1 Å². The maximum absolute atomic E-state index is 11.5. The van der Waals surface area contributed by atoms with E-state index in [1.54, 1.807) is 6.20 Å². The topological polar surface area (TPSA) is 54.0 Å². The molecule has 4 nitrogen and oxygen atoms in total. The van der Waals surface area contributed by atoms with E-state index in [4.69, 9.17) is 0 Å². The Balaban J connectivity index is 2.11. The van der Waals surface area contributed by atoms with Gasteiger partial charge in [0.1, 0.15) is 0 Å². The number of aromatic nitrogens is 1. The minimum absolute atomic E-state index is 0.0637. The number of rotatable bonds is 6. The first kappa shape index (κ1) is 14.6. The number of nitrogens with zero attached hydrogens (tertiary/aromatic N) is 1. The Morgan fingerprint density at radius 1 is 1.28 bits per heavy atom. The van der Waals surface area contributed by atoms with Gasteiger partial charge in [-0.15, -0.1) is 0 Å². The van der Waals surface area contributed by atoms with Gasteiger partial charge in [-0.1, -0.05) is 6.07 Å². The molecule has 1 aromatic heterocycles. The van der Waals surface area contributed by atoms with E-state index in [0.29, 0.717) is 19.5 Å². The summed E-state index contributed by atoms with van der Waals surface area (Å²) in [5, 5.41) is 6.19. The fraction of sp³-hybridized carbons (Fsp3) is 0.571. The lowest BCUT2D eigenvalue weighted by Crippen LogP contribution is -2.38. The summed E-state index contributed by atoms with van der Waals surface area (Å²) in [6.45, 7) is 7.62. The average Bonchev–Trinajstić information content (AvgIpc) is 2.28. The Morgan fingerprint density at radius 3 is 2.67 bits per heavy atom. The molecule has 100 valence electrons. The zero-order chi connectivity index (χ0) is 13.4. The Hall–Kier alpha value is -1.42. The molecule has 1 amide bonds. The van der Waals surface area contributed by atoms with Crippen molar-refractivity contribution in [3.05, 3.63) is 30.1 Å². The van der Waals surface area contributed by atoms with Crippen molar-refractivity contribution < 1.29 is 4.79 Å². The zero-order valence-electron chi connectivity index (χ0n) is 11.5. The van der Waals surface area contributed by atoms with Gasteiger partial charge < -0.3 is 10.6 Å². The van der Waals surface area contributed by atoms with E-state index < -0.39 is 0 Å². The molecule has 0 radical (unpaired) electrons. The third kappa shape index (κ3) is 7.01. The highest BCUT2D eigenvalue weighted by Crippen LogP contribution is 1.98. The van der Waals surface area contributed by atoms with Crippen molar-refractivity contribution in [1.82, 2.24) is 15.6 Å². The van der Waals surface area contributed by atoms with E-state index in [-0.39, 0.29) is 11.4 Å². The van der Waals surface area contributed by atoms with Gasteiger partial charge >= 0.3 is 0 Å². The zero-order valence-corrected chi connectivity index (χ0v) is 11.5. The van der Waals surface area contributed by atoms with Crippen LogP contribution >= 0.6 is 0 Å². The summed E-state index contributed by atoms with van der Waals surface area (Å²) in [5.74, 6) is 0.0858. The Kier molecular flexibility index (Phi) is 5.78. The number of amides is 1. The van der Waals surface area contributed by atoms with Gasteiger partial charge in [-0.05, 0) is 32.9 Å². The first-order valence-electron chi connectivity index (χ1n) is 6.39. The predicted molar refractivity (Wildman–Crippen MR) is 73.3 cm³/mol. The number of pyridine rings is 1. The van der Waals surface area contributed by atoms with Crippen LogP contribution in [0.5, 0.6) is 0 Å². The van der Waals surface area contributed by atoms with Crippen LogP contribution in [0, 0.1) is 0 Å². The first-order valence-corrected chi connectivity index (χ1v) is 6.39. The van der Waals surface area contributed by atoms with Crippen LogP contribution in [0.25, 0.3) is 0 Å². The van der Waals surface area contributed by atoms with Crippen LogP contribution in [-0.2, 0) is 11.2 Å². The van der Waals surface area contributed by atoms with Gasteiger partial charge in [-0.25, -0.2) is 0 Å². The summed E-state index contributed by atoms with van der Waals surface area (Å²) in [6.07, 6.45) is 3.06. The fourth-order valence-corrected chi connectivity index (χ4v) is 1.52. The molecule has 0 aliphatic carbocycles. The van der Waals surface area contributed by atoms with Crippen molar-refractivity contribution in [2.75, 3.05) is 13.1 Å². The Labute approximate surface area is 109 Å². The number of nitrogens with one attached hydrogen (secondary N) is 2. The molecule has 0 spiro atoms. The lowest BCUT2D eigenvalue weighted by molar-refractivity contribution is -0.121. The highest BCUT2D eigenvalue weighted by molar-refractivity contribution is 5.76. The molecule has 18 heavy (non-hydrogen) atoms. The second-order valence-corrected chi connectivity index (χ2v) is 5.35. The van der Waals surface area contributed by atoms with Crippen molar-refractivity contribution in [2.45, 2.75) is 39.2 Å². The highest BCUT2D eigenvalue weighted by atomic mass is 16.1. The maximum atomic E-state index is 11.5. The monoisotopic (exact) mass is 249 g/mol. The number of hydrogen-bond donors (Lipinski definition) is 2. The second-order valence-electron chi connectivity index (χ2n) is 5.35. The number of carbonyl (C=O) groups excluding carboxylic acids is 1. The number of carbonyl (C=O) groups is 1. The second kappa shape index (κ2) is 7.11. The molecule has 1 heterocycles. The summed E-state index contributed by atoms with van der Waals surface area (Å²) in [5.41, 5.74) is 1.07. The van der Waals surface area contributed by atoms with Crippen LogP contribution in [-0.4, -0.2) is 29.5 Å². The van der Waals surface area contributed by atoms with Crippen LogP contribution < -0.4 is 10.6 Å². The van der Waals surface area contributed by atoms with Crippen molar-refractivity contribution in [3.63, 3.8) is 0 Å². The molecular formula is C14H23N3O. The lowest BCUT2D eigenvalue weighted by Gasteiger charge is -2.20. The van der Waals surface area contributed by atoms with Crippen LogP contribution in [0.1, 0.15) is 32.9 Å². The van der Waals surface area contributed by atoms with Crippen molar-refractivity contribution in [1.29, 1.82) is 0 Å². The molecule has 2 N–H and O–H groups in total. The molecule has 0 saturated carbocycles. The summed E-state index contributed by atoms with van der Waals surface area (Å²) >= 11 is 0. The molecule has 0 bridgehead atoms. The Bertz CT molecular complexity index is 357. The molecule has 0 aromatic carbocycles. The quantitative estimate of drug-likeness (QED) is 0.803. The fourth-order valence-electron chi connectivity index (χ4n) is 1.52. The van der Waals surface area contributed by atoms with Crippen LogP contribution in [0.4, 0.5) is 0 Å². The molecule has 0 aliphatic rings. The van der Waals surface area contributed by atoms with E-state index in [1.165, 1.54) is 0 Å². The average molecular weight is 249 g/mol. The Morgan fingerprint density at radius 2 is 2.06 bits per heavy atom. The minimum atomic E-state index is 0.0637. The summed E-state index contributed by atoms with van der Waals surface area (Å²) < 4.78 is 0. The van der Waals surface area contributed by atoms with Gasteiger partial charge in [0.05, 0.1) is 0 Å². The highest BCUT2D eigenvalue weighted by Gasteiger charge is 2.09. The van der Waals surface area contributed by atoms with E-state index >= 15 is 0 Å². The normalized spacial score (nSPS) is 11.3. The first-order chi connectivity index (χ1) is 8.47. The van der Waals surface area contributed by atoms with Gasteiger partial charge in [0, 0.05) is 43.4 Å². The van der Waals surface area contributed by atoms with E-state index in [2.05, 4.69) is 36.4 Å². The third-order valence-electron chi connectivity index (χ3n) is 2.44. The van der Waals surface area contributed by atoms with Crippen molar-refractivity contribution in [2.24, 2.45) is 0 Å². The summed E-state index contributed by atoms with van der Waals surface area (Å²) in [7, 11) is 0. The molecular weight excluding hydrogens is 226 g/mol. The molecule has 0 unspecified atom stereocenters. The molecule has 0 saturated heterocycles. The molecule has 0 fully saturated rings. The van der Waals surface area contributed by atoms with Crippen LogP contribution in [0.3, 0.4) is 0 Å². The summed E-state index contributed by atoms with van der Waals surface area (Å²) in [6, 6.07) is 5.81. The smallest absolute Gasteiger partial charge is 0.221 e. The molecule has 1 rings (SSSR count). The van der Waals surface area contributed by atoms with Gasteiger partial charge in [-0.2, -0.15) is 0 Å². The van der Waals surface area contributed by atoms with Crippen LogP contribution in [0.2, 0.25) is 0 Å². The molecule has 0 aliphatic heterocycles. The van der Waals surface area contributed by atoms with Gasteiger partial charge in [0.15, 0.2) is 0 Å². The standard InChI is InChI=1S/C14H23N3O/c1-14(2,3)17-11-8-13(18)16-10-7-12-6-4-5-9-15-12/h4-6,9,17H,7-8,10-11H2,1-3H3,(H,16,18). The number of hydrogen-bond acceptors (Lipinski definition) is 3. The SMILES string of the molecule is CC(C)(C)NCCC(=O)NCCc1ccccn1. The van der Waals surface area contributed by atoms with Crippen molar-refractivity contribution in [3.8, 4) is 0 Å².